The molecule has 0 atom stereocenters. The highest BCUT2D eigenvalue weighted by Crippen LogP contribution is 2.36. The van der Waals surface area contributed by atoms with Gasteiger partial charge in [0.05, 0.1) is 10.0 Å². The molecule has 0 aromatic heterocycles. The van der Waals surface area contributed by atoms with Crippen molar-refractivity contribution < 1.29 is 4.43 Å². The van der Waals surface area contributed by atoms with E-state index in [-0.39, 0.29) is 0 Å². The summed E-state index contributed by atoms with van der Waals surface area (Å²) in [4.78, 5) is 0. The van der Waals surface area contributed by atoms with Crippen LogP contribution in [-0.4, -0.2) is 8.32 Å². The summed E-state index contributed by atoms with van der Waals surface area (Å²) in [6.45, 7) is 6.20. The van der Waals surface area contributed by atoms with Gasteiger partial charge in [-0.25, -0.2) is 0 Å². The van der Waals surface area contributed by atoms with Crippen molar-refractivity contribution in [1.29, 1.82) is 0 Å². The fourth-order valence-corrected chi connectivity index (χ4v) is 2.53. The Balaban J connectivity index is 3.09. The van der Waals surface area contributed by atoms with E-state index in [4.69, 9.17) is 33.4 Å². The van der Waals surface area contributed by atoms with Gasteiger partial charge >= 0.3 is 0 Å². The van der Waals surface area contributed by atoms with Crippen molar-refractivity contribution in [1.82, 2.24) is 0 Å². The molecular weight excluding hydrogens is 237 g/mol. The molecule has 2 nitrogen and oxygen atoms in total. The number of benzene rings is 1. The van der Waals surface area contributed by atoms with Gasteiger partial charge in [-0.3, -0.25) is 0 Å². The standard InChI is InChI=1S/C9H13Cl2NOSi/c1-14(2,3)13-9-7(10)4-6(12)5-8(9)11/h4-5H,12H2,1-3H3. The number of rotatable bonds is 2. The summed E-state index contributed by atoms with van der Waals surface area (Å²) >= 11 is 11.9. The molecule has 0 bridgehead atoms. The van der Waals surface area contributed by atoms with Crippen LogP contribution in [0.15, 0.2) is 12.1 Å². The number of hydrogen-bond acceptors (Lipinski definition) is 2. The minimum Gasteiger partial charge on any atom is -0.542 e. The zero-order valence-electron chi connectivity index (χ0n) is 8.40. The lowest BCUT2D eigenvalue weighted by molar-refractivity contribution is 0.558. The van der Waals surface area contributed by atoms with Gasteiger partial charge in [-0.1, -0.05) is 23.2 Å². The quantitative estimate of drug-likeness (QED) is 0.640. The number of anilines is 1. The predicted molar refractivity (Wildman–Crippen MR) is 64.8 cm³/mol. The third kappa shape index (κ3) is 3.08. The number of nitrogen functional groups attached to an aromatic ring is 1. The van der Waals surface area contributed by atoms with Crippen molar-refractivity contribution in [3.8, 4) is 5.75 Å². The molecule has 0 unspecified atom stereocenters. The second kappa shape index (κ2) is 4.01. The third-order valence-electron chi connectivity index (χ3n) is 1.43. The molecule has 0 spiro atoms. The second-order valence-electron chi connectivity index (χ2n) is 4.03. The fourth-order valence-electron chi connectivity index (χ4n) is 0.983. The van der Waals surface area contributed by atoms with Gasteiger partial charge in [-0.05, 0) is 31.8 Å². The van der Waals surface area contributed by atoms with Crippen LogP contribution in [0, 0.1) is 0 Å². The topological polar surface area (TPSA) is 35.2 Å². The average Bonchev–Trinajstić information content (AvgIpc) is 1.95. The van der Waals surface area contributed by atoms with E-state index in [1.54, 1.807) is 12.1 Å². The summed E-state index contributed by atoms with van der Waals surface area (Å²) in [5, 5.41) is 0.940. The van der Waals surface area contributed by atoms with Crippen molar-refractivity contribution >= 4 is 37.2 Å². The minimum atomic E-state index is -1.69. The van der Waals surface area contributed by atoms with Gasteiger partial charge in [0, 0.05) is 5.69 Å². The van der Waals surface area contributed by atoms with E-state index in [1.807, 2.05) is 0 Å². The maximum absolute atomic E-state index is 5.97. The molecular formula is C9H13Cl2NOSi. The monoisotopic (exact) mass is 249 g/mol. The molecule has 0 fully saturated rings. The molecule has 1 rings (SSSR count). The summed E-state index contributed by atoms with van der Waals surface area (Å²) in [6, 6.07) is 3.28. The summed E-state index contributed by atoms with van der Waals surface area (Å²) in [5.41, 5.74) is 6.12. The summed E-state index contributed by atoms with van der Waals surface area (Å²) in [6.07, 6.45) is 0. The molecule has 1 aromatic carbocycles. The maximum atomic E-state index is 5.97. The van der Waals surface area contributed by atoms with Gasteiger partial charge in [-0.15, -0.1) is 0 Å². The molecule has 0 heterocycles. The van der Waals surface area contributed by atoms with E-state index in [9.17, 15) is 0 Å². The lowest BCUT2D eigenvalue weighted by Gasteiger charge is -2.21. The molecule has 78 valence electrons. The van der Waals surface area contributed by atoms with Crippen LogP contribution < -0.4 is 10.2 Å². The Kier molecular flexibility index (Phi) is 3.34. The molecule has 0 amide bonds. The van der Waals surface area contributed by atoms with Crippen LogP contribution in [0.2, 0.25) is 29.7 Å². The highest BCUT2D eigenvalue weighted by Gasteiger charge is 2.20. The molecule has 1 aromatic rings. The summed E-state index contributed by atoms with van der Waals surface area (Å²) in [7, 11) is -1.69. The van der Waals surface area contributed by atoms with Crippen LogP contribution in [-0.2, 0) is 0 Å². The third-order valence-corrected chi connectivity index (χ3v) is 2.81. The second-order valence-corrected chi connectivity index (χ2v) is 9.27. The highest BCUT2D eigenvalue weighted by atomic mass is 35.5. The molecule has 0 saturated carbocycles. The largest absolute Gasteiger partial charge is 0.542 e. The van der Waals surface area contributed by atoms with Crippen molar-refractivity contribution in [3.05, 3.63) is 22.2 Å². The van der Waals surface area contributed by atoms with E-state index in [0.29, 0.717) is 21.5 Å². The first-order valence-corrected chi connectivity index (χ1v) is 8.39. The summed E-state index contributed by atoms with van der Waals surface area (Å²) < 4.78 is 5.74. The molecule has 14 heavy (non-hydrogen) atoms. The average molecular weight is 250 g/mol. The van der Waals surface area contributed by atoms with Crippen molar-refractivity contribution in [2.45, 2.75) is 19.6 Å². The van der Waals surface area contributed by atoms with Crippen LogP contribution in [0.3, 0.4) is 0 Å². The van der Waals surface area contributed by atoms with Gasteiger partial charge in [0.2, 0.25) is 8.32 Å². The molecule has 0 aliphatic rings. The first-order chi connectivity index (χ1) is 6.29. The number of nitrogens with two attached hydrogens (primary N) is 1. The lowest BCUT2D eigenvalue weighted by Crippen LogP contribution is -2.29. The fraction of sp³-hybridized carbons (Fsp3) is 0.333. The Labute approximate surface area is 95.1 Å². The normalized spacial score (nSPS) is 11.5. The van der Waals surface area contributed by atoms with E-state index < -0.39 is 8.32 Å². The maximum Gasteiger partial charge on any atom is 0.242 e. The van der Waals surface area contributed by atoms with E-state index in [2.05, 4.69) is 19.6 Å². The van der Waals surface area contributed by atoms with E-state index in [1.165, 1.54) is 0 Å². The Morgan fingerprint density at radius 3 is 1.93 bits per heavy atom. The van der Waals surface area contributed by atoms with Gasteiger partial charge in [0.1, 0.15) is 5.75 Å². The first-order valence-electron chi connectivity index (χ1n) is 4.23. The SMILES string of the molecule is C[Si](C)(C)Oc1c(Cl)cc(N)cc1Cl. The van der Waals surface area contributed by atoms with Crippen LogP contribution >= 0.6 is 23.2 Å². The van der Waals surface area contributed by atoms with Crippen LogP contribution in [0.1, 0.15) is 0 Å². The minimum absolute atomic E-state index is 0.470. The molecule has 0 aliphatic heterocycles. The molecule has 0 aliphatic carbocycles. The van der Waals surface area contributed by atoms with E-state index >= 15 is 0 Å². The van der Waals surface area contributed by atoms with Crippen molar-refractivity contribution in [2.75, 3.05) is 5.73 Å². The Morgan fingerprint density at radius 1 is 1.14 bits per heavy atom. The van der Waals surface area contributed by atoms with Gasteiger partial charge in [0.15, 0.2) is 0 Å². The van der Waals surface area contributed by atoms with Crippen molar-refractivity contribution in [2.24, 2.45) is 0 Å². The number of halogens is 2. The molecule has 5 heteroatoms. The van der Waals surface area contributed by atoms with Crippen LogP contribution in [0.25, 0.3) is 0 Å². The van der Waals surface area contributed by atoms with E-state index in [0.717, 1.165) is 0 Å². The zero-order chi connectivity index (χ0) is 10.9. The zero-order valence-corrected chi connectivity index (χ0v) is 10.9. The smallest absolute Gasteiger partial charge is 0.242 e. The Hall–Kier alpha value is -0.383. The number of hydrogen-bond donors (Lipinski definition) is 1. The molecule has 0 radical (unpaired) electrons. The lowest BCUT2D eigenvalue weighted by atomic mass is 10.3. The van der Waals surface area contributed by atoms with Crippen molar-refractivity contribution in [3.63, 3.8) is 0 Å². The molecule has 2 N–H and O–H groups in total. The predicted octanol–water partition coefficient (Wildman–Crippen LogP) is 3.79. The van der Waals surface area contributed by atoms with Gasteiger partial charge in [0.25, 0.3) is 0 Å². The molecule has 0 saturated heterocycles. The van der Waals surface area contributed by atoms with Crippen LogP contribution in [0.4, 0.5) is 5.69 Å². The van der Waals surface area contributed by atoms with Gasteiger partial charge in [-0.2, -0.15) is 0 Å². The Morgan fingerprint density at radius 2 is 1.57 bits per heavy atom. The Bertz CT molecular complexity index is 326. The highest BCUT2D eigenvalue weighted by molar-refractivity contribution is 6.70. The summed E-state index contributed by atoms with van der Waals surface area (Å²) in [5.74, 6) is 0.543. The first kappa shape index (κ1) is 11.7. The van der Waals surface area contributed by atoms with Gasteiger partial charge < -0.3 is 10.2 Å². The van der Waals surface area contributed by atoms with Crippen LogP contribution in [0.5, 0.6) is 5.75 Å².